The maximum atomic E-state index is 11.6. The predicted octanol–water partition coefficient (Wildman–Crippen LogP) is 0.893. The van der Waals surface area contributed by atoms with Crippen LogP contribution in [0.25, 0.3) is 0 Å². The third-order valence-corrected chi connectivity index (χ3v) is 2.88. The fourth-order valence-electron chi connectivity index (χ4n) is 1.97. The second kappa shape index (κ2) is 5.13. The molecule has 0 spiro atoms. The molecule has 106 valence electrons. The number of nitro groups is 1. The molecule has 1 heterocycles. The van der Waals surface area contributed by atoms with Crippen molar-refractivity contribution in [2.45, 2.75) is 6.17 Å². The van der Waals surface area contributed by atoms with Gasteiger partial charge in [-0.05, 0) is 0 Å². The highest BCUT2D eigenvalue weighted by molar-refractivity contribution is 5.85. The fourth-order valence-corrected chi connectivity index (χ4v) is 1.97. The molecule has 1 aliphatic rings. The summed E-state index contributed by atoms with van der Waals surface area (Å²) in [6.45, 7) is -0.365. The normalized spacial score (nSPS) is 18.3. The first-order valence-corrected chi connectivity index (χ1v) is 5.55. The summed E-state index contributed by atoms with van der Waals surface area (Å²) >= 11 is 0. The van der Waals surface area contributed by atoms with E-state index in [1.165, 1.54) is 24.3 Å². The van der Waals surface area contributed by atoms with E-state index in [-0.39, 0.29) is 17.8 Å². The van der Waals surface area contributed by atoms with Crippen LogP contribution in [0.1, 0.15) is 11.7 Å². The maximum absolute atomic E-state index is 11.6. The van der Waals surface area contributed by atoms with Gasteiger partial charge in [-0.3, -0.25) is 25.0 Å². The Morgan fingerprint density at radius 1 is 1.55 bits per heavy atom. The number of hydrogen-bond donors (Lipinski definition) is 1. The third kappa shape index (κ3) is 2.26. The number of carbonyl (C=O) groups is 2. The number of rotatable bonds is 2. The minimum absolute atomic E-state index is 0.208. The molecule has 1 aromatic rings. The molecule has 2 rings (SSSR count). The molecule has 0 aromatic heterocycles. The van der Waals surface area contributed by atoms with Gasteiger partial charge in [-0.15, -0.1) is 0 Å². The first-order chi connectivity index (χ1) is 9.45. The number of nitrogens with zero attached hydrogens (tertiary/aromatic N) is 3. The van der Waals surface area contributed by atoms with Gasteiger partial charge in [0.2, 0.25) is 0 Å². The standard InChI is InChI=1S/C11H11N3O6/c1-20-11(16)12-6-9(15)13(17)10(12)7-3-2-4-8(5-7)14(18)19/h2-5,10,17H,6H2,1H3. The first-order valence-electron chi connectivity index (χ1n) is 5.55. The number of methoxy groups -OCH3 is 1. The van der Waals surface area contributed by atoms with E-state index in [4.69, 9.17) is 0 Å². The summed E-state index contributed by atoms with van der Waals surface area (Å²) < 4.78 is 4.52. The molecule has 0 bridgehead atoms. The van der Waals surface area contributed by atoms with Crippen molar-refractivity contribution in [1.29, 1.82) is 0 Å². The van der Waals surface area contributed by atoms with Gasteiger partial charge in [-0.25, -0.2) is 4.79 Å². The topological polar surface area (TPSA) is 113 Å². The molecule has 9 nitrogen and oxygen atoms in total. The number of non-ortho nitro benzene ring substituents is 1. The summed E-state index contributed by atoms with van der Waals surface area (Å²) in [6, 6.07) is 5.32. The van der Waals surface area contributed by atoms with Crippen LogP contribution in [0.2, 0.25) is 0 Å². The highest BCUT2D eigenvalue weighted by atomic mass is 16.6. The van der Waals surface area contributed by atoms with Crippen molar-refractivity contribution < 1.29 is 24.5 Å². The molecule has 1 aromatic carbocycles. The lowest BCUT2D eigenvalue weighted by Gasteiger charge is -2.24. The number of hydroxylamine groups is 2. The summed E-state index contributed by atoms with van der Waals surface area (Å²) in [5.74, 6) is -0.702. The minimum atomic E-state index is -1.14. The molecular formula is C11H11N3O6. The summed E-state index contributed by atoms with van der Waals surface area (Å²) in [5, 5.41) is 20.8. The largest absolute Gasteiger partial charge is 0.453 e. The summed E-state index contributed by atoms with van der Waals surface area (Å²) in [7, 11) is 1.14. The Labute approximate surface area is 113 Å². The second-order valence-electron chi connectivity index (χ2n) is 4.06. The Hall–Kier alpha value is -2.68. The average molecular weight is 281 g/mol. The zero-order valence-corrected chi connectivity index (χ0v) is 10.4. The summed E-state index contributed by atoms with van der Waals surface area (Å²) in [6.07, 6.45) is -1.96. The van der Waals surface area contributed by atoms with E-state index in [0.29, 0.717) is 5.06 Å². The smallest absolute Gasteiger partial charge is 0.411 e. The van der Waals surface area contributed by atoms with Gasteiger partial charge in [0, 0.05) is 17.7 Å². The van der Waals surface area contributed by atoms with Gasteiger partial charge in [0.25, 0.3) is 11.6 Å². The van der Waals surface area contributed by atoms with Crippen molar-refractivity contribution in [2.24, 2.45) is 0 Å². The molecule has 1 fully saturated rings. The van der Waals surface area contributed by atoms with Gasteiger partial charge in [-0.1, -0.05) is 12.1 Å². The van der Waals surface area contributed by atoms with Crippen LogP contribution in [0.15, 0.2) is 24.3 Å². The molecule has 1 atom stereocenters. The highest BCUT2D eigenvalue weighted by Crippen LogP contribution is 2.31. The van der Waals surface area contributed by atoms with Gasteiger partial charge < -0.3 is 4.74 Å². The van der Waals surface area contributed by atoms with Crippen LogP contribution < -0.4 is 0 Å². The Kier molecular flexibility index (Phi) is 3.53. The third-order valence-electron chi connectivity index (χ3n) is 2.88. The molecule has 0 aliphatic carbocycles. The molecule has 1 N–H and O–H groups in total. The van der Waals surface area contributed by atoms with E-state index >= 15 is 0 Å². The van der Waals surface area contributed by atoms with Crippen LogP contribution in [0, 0.1) is 10.1 Å². The van der Waals surface area contributed by atoms with E-state index in [9.17, 15) is 24.9 Å². The van der Waals surface area contributed by atoms with Crippen molar-refractivity contribution in [2.75, 3.05) is 13.7 Å². The van der Waals surface area contributed by atoms with E-state index in [1.54, 1.807) is 0 Å². The molecule has 9 heteroatoms. The number of carbonyl (C=O) groups excluding carboxylic acids is 2. The first kappa shape index (κ1) is 13.7. The lowest BCUT2D eigenvalue weighted by molar-refractivity contribution is -0.385. The SMILES string of the molecule is COC(=O)N1CC(=O)N(O)C1c1cccc([N+](=O)[O-])c1. The van der Waals surface area contributed by atoms with E-state index < -0.39 is 23.1 Å². The Bertz CT molecular complexity index is 575. The molecule has 1 unspecified atom stereocenters. The molecule has 20 heavy (non-hydrogen) atoms. The minimum Gasteiger partial charge on any atom is -0.453 e. The number of benzene rings is 1. The Morgan fingerprint density at radius 3 is 2.85 bits per heavy atom. The van der Waals surface area contributed by atoms with Crippen LogP contribution >= 0.6 is 0 Å². The van der Waals surface area contributed by atoms with Gasteiger partial charge in [0.1, 0.15) is 6.54 Å². The molecule has 0 saturated carbocycles. The van der Waals surface area contributed by atoms with Crippen molar-refractivity contribution >= 4 is 17.7 Å². The van der Waals surface area contributed by atoms with Crippen molar-refractivity contribution in [3.63, 3.8) is 0 Å². The molecule has 0 radical (unpaired) electrons. The quantitative estimate of drug-likeness (QED) is 0.489. The average Bonchev–Trinajstić information content (AvgIpc) is 2.74. The van der Waals surface area contributed by atoms with Crippen molar-refractivity contribution in [3.8, 4) is 0 Å². The van der Waals surface area contributed by atoms with E-state index in [1.807, 2.05) is 0 Å². The van der Waals surface area contributed by atoms with Crippen molar-refractivity contribution in [3.05, 3.63) is 39.9 Å². The van der Waals surface area contributed by atoms with Gasteiger partial charge in [0.15, 0.2) is 6.17 Å². The van der Waals surface area contributed by atoms with Crippen LogP contribution in [0.5, 0.6) is 0 Å². The van der Waals surface area contributed by atoms with Gasteiger partial charge in [0.05, 0.1) is 12.0 Å². The van der Waals surface area contributed by atoms with Crippen LogP contribution in [0.3, 0.4) is 0 Å². The van der Waals surface area contributed by atoms with E-state index in [2.05, 4.69) is 4.74 Å². The lowest BCUT2D eigenvalue weighted by Crippen LogP contribution is -2.34. The number of amides is 2. The monoisotopic (exact) mass is 281 g/mol. The molecule has 1 saturated heterocycles. The number of hydrogen-bond acceptors (Lipinski definition) is 6. The number of ether oxygens (including phenoxy) is 1. The molecule has 2 amide bonds. The zero-order valence-electron chi connectivity index (χ0n) is 10.4. The molecule has 1 aliphatic heterocycles. The molecular weight excluding hydrogens is 270 g/mol. The maximum Gasteiger partial charge on any atom is 0.411 e. The lowest BCUT2D eigenvalue weighted by atomic mass is 10.1. The zero-order chi connectivity index (χ0) is 14.9. The predicted molar refractivity (Wildman–Crippen MR) is 63.6 cm³/mol. The Morgan fingerprint density at radius 2 is 2.25 bits per heavy atom. The van der Waals surface area contributed by atoms with Crippen LogP contribution in [-0.2, 0) is 9.53 Å². The summed E-state index contributed by atoms with van der Waals surface area (Å²) in [4.78, 5) is 34.2. The van der Waals surface area contributed by atoms with Crippen LogP contribution in [-0.4, -0.2) is 45.7 Å². The fraction of sp³-hybridized carbons (Fsp3) is 0.273. The summed E-state index contributed by atoms with van der Waals surface area (Å²) in [5.41, 5.74) is 0.0259. The highest BCUT2D eigenvalue weighted by Gasteiger charge is 2.42. The second-order valence-corrected chi connectivity index (χ2v) is 4.06. The Balaban J connectivity index is 2.42. The number of nitro benzene ring substituents is 1. The van der Waals surface area contributed by atoms with Crippen LogP contribution in [0.4, 0.5) is 10.5 Å². The van der Waals surface area contributed by atoms with Gasteiger partial charge in [-0.2, -0.15) is 5.06 Å². The van der Waals surface area contributed by atoms with Gasteiger partial charge >= 0.3 is 6.09 Å². The van der Waals surface area contributed by atoms with E-state index in [0.717, 1.165) is 12.0 Å². The van der Waals surface area contributed by atoms with Crippen molar-refractivity contribution in [1.82, 2.24) is 9.96 Å².